The number of rotatable bonds is 5. The minimum absolute atomic E-state index is 0.132. The second-order valence-electron chi connectivity index (χ2n) is 8.13. The summed E-state index contributed by atoms with van der Waals surface area (Å²) < 4.78 is -1.97. The predicted molar refractivity (Wildman–Crippen MR) is 143 cm³/mol. The number of nitrogens with zero attached hydrogens (tertiary/aromatic N) is 4. The van der Waals surface area contributed by atoms with Gasteiger partial charge in [-0.15, -0.1) is 0 Å². The molecule has 3 aromatic rings. The van der Waals surface area contributed by atoms with Crippen molar-refractivity contribution in [2.45, 2.75) is 23.8 Å². The van der Waals surface area contributed by atoms with E-state index in [0.29, 0.717) is 5.69 Å². The maximum atomic E-state index is 13.2. The number of para-hydroxylation sites is 3. The Morgan fingerprint density at radius 3 is 1.77 bits per heavy atom. The van der Waals surface area contributed by atoms with Gasteiger partial charge in [-0.25, -0.2) is 14.7 Å². The van der Waals surface area contributed by atoms with Gasteiger partial charge in [0.05, 0.1) is 5.69 Å². The van der Waals surface area contributed by atoms with Crippen LogP contribution in [0.1, 0.15) is 11.1 Å². The molecule has 180 valence electrons. The molecule has 0 N–H and O–H groups in total. The van der Waals surface area contributed by atoms with Crippen LogP contribution in [0.15, 0.2) is 83.9 Å². The maximum absolute atomic E-state index is 13.2. The van der Waals surface area contributed by atoms with Crippen LogP contribution in [0, 0.1) is 13.8 Å². The Kier molecular flexibility index (Phi) is 7.08. The fraction of sp³-hybridized carbons (Fsp3) is 0.192. The average molecular weight is 530 g/mol. The molecule has 35 heavy (non-hydrogen) atoms. The number of benzene rings is 3. The third kappa shape index (κ3) is 4.87. The number of urea groups is 1. The molecule has 1 fully saturated rings. The number of alkyl halides is 3. The Morgan fingerprint density at radius 2 is 1.29 bits per heavy atom. The summed E-state index contributed by atoms with van der Waals surface area (Å²) in [7, 11) is 1.40. The van der Waals surface area contributed by atoms with E-state index in [2.05, 4.69) is 4.99 Å². The van der Waals surface area contributed by atoms with Gasteiger partial charge in [-0.1, -0.05) is 89.4 Å². The summed E-state index contributed by atoms with van der Waals surface area (Å²) in [5.41, 5.74) is 3.81. The Bertz CT molecular complexity index is 1250. The van der Waals surface area contributed by atoms with E-state index in [1.54, 1.807) is 29.2 Å². The zero-order chi connectivity index (χ0) is 25.3. The number of carbonyl (C=O) groups excluding carboxylic acids is 2. The topological polar surface area (TPSA) is 56.2 Å². The lowest BCUT2D eigenvalue weighted by Gasteiger charge is -2.37. The number of halogens is 3. The summed E-state index contributed by atoms with van der Waals surface area (Å²) in [6.45, 7) is 3.88. The van der Waals surface area contributed by atoms with Crippen molar-refractivity contribution >= 4 is 69.6 Å². The molecule has 3 amide bonds. The minimum Gasteiger partial charge on any atom is -0.314 e. The Hall–Kier alpha value is -3.06. The Morgan fingerprint density at radius 1 is 0.800 bits per heavy atom. The number of amides is 3. The molecule has 4 rings (SSSR count). The first-order chi connectivity index (χ1) is 16.6. The van der Waals surface area contributed by atoms with Crippen molar-refractivity contribution in [2.75, 3.05) is 16.8 Å². The molecule has 9 heteroatoms. The zero-order valence-corrected chi connectivity index (χ0v) is 21.6. The molecule has 0 spiro atoms. The van der Waals surface area contributed by atoms with E-state index in [1.165, 1.54) is 11.9 Å². The quantitative estimate of drug-likeness (QED) is 0.275. The molecule has 0 radical (unpaired) electrons. The number of hydrogen-bond acceptors (Lipinski definition) is 4. The number of anilines is 3. The predicted octanol–water partition coefficient (Wildman–Crippen LogP) is 6.63. The molecule has 0 bridgehead atoms. The van der Waals surface area contributed by atoms with E-state index in [1.807, 2.05) is 68.4 Å². The van der Waals surface area contributed by atoms with E-state index >= 15 is 0 Å². The number of aryl methyl sites for hydroxylation is 2. The normalized spacial score (nSPS) is 16.2. The monoisotopic (exact) mass is 528 g/mol. The third-order valence-corrected chi connectivity index (χ3v) is 6.32. The summed E-state index contributed by atoms with van der Waals surface area (Å²) in [5, 5.41) is 0. The van der Waals surface area contributed by atoms with Crippen molar-refractivity contribution in [2.24, 2.45) is 4.99 Å². The lowest BCUT2D eigenvalue weighted by molar-refractivity contribution is -0.119. The summed E-state index contributed by atoms with van der Waals surface area (Å²) in [6, 6.07) is 23.5. The smallest absolute Gasteiger partial charge is 0.314 e. The van der Waals surface area contributed by atoms with Crippen LogP contribution in [-0.2, 0) is 4.79 Å². The van der Waals surface area contributed by atoms with Gasteiger partial charge in [-0.2, -0.15) is 0 Å². The van der Waals surface area contributed by atoms with E-state index in [-0.39, 0.29) is 5.84 Å². The molecule has 1 heterocycles. The Labute approximate surface area is 219 Å². The lowest BCUT2D eigenvalue weighted by atomic mass is 10.1. The van der Waals surface area contributed by atoms with Crippen molar-refractivity contribution in [1.29, 1.82) is 0 Å². The second kappa shape index (κ2) is 9.90. The summed E-state index contributed by atoms with van der Waals surface area (Å²) in [6.07, 6.45) is -1.18. The average Bonchev–Trinajstić information content (AvgIpc) is 3.04. The van der Waals surface area contributed by atoms with Gasteiger partial charge in [0, 0.05) is 18.4 Å². The van der Waals surface area contributed by atoms with Crippen molar-refractivity contribution in [3.63, 3.8) is 0 Å². The summed E-state index contributed by atoms with van der Waals surface area (Å²) >= 11 is 19.6. The molecule has 1 aliphatic rings. The second-order valence-corrected chi connectivity index (χ2v) is 10.5. The first-order valence-electron chi connectivity index (χ1n) is 10.8. The van der Waals surface area contributed by atoms with Crippen LogP contribution in [-0.4, -0.2) is 39.7 Å². The van der Waals surface area contributed by atoms with E-state index in [9.17, 15) is 9.59 Å². The van der Waals surface area contributed by atoms with Crippen molar-refractivity contribution in [3.05, 3.63) is 90.0 Å². The van der Waals surface area contributed by atoms with Gasteiger partial charge >= 0.3 is 6.03 Å². The molecular weight excluding hydrogens is 507 g/mol. The van der Waals surface area contributed by atoms with E-state index in [4.69, 9.17) is 34.8 Å². The zero-order valence-electron chi connectivity index (χ0n) is 19.3. The molecule has 0 aliphatic carbocycles. The van der Waals surface area contributed by atoms with Gasteiger partial charge in [-0.05, 0) is 49.2 Å². The number of amidine groups is 1. The van der Waals surface area contributed by atoms with Crippen molar-refractivity contribution in [1.82, 2.24) is 4.90 Å². The molecule has 3 aromatic carbocycles. The number of likely N-dealkylation sites (N-methyl/N-ethyl adjacent to an activating group) is 1. The Balaban J connectivity index is 1.97. The molecule has 6 nitrogen and oxygen atoms in total. The molecule has 0 aromatic heterocycles. The maximum Gasteiger partial charge on any atom is 0.337 e. The summed E-state index contributed by atoms with van der Waals surface area (Å²) in [4.78, 5) is 34.9. The number of carbonyl (C=O) groups is 2. The largest absolute Gasteiger partial charge is 0.337 e. The van der Waals surface area contributed by atoms with Gasteiger partial charge in [0.2, 0.25) is 9.63 Å². The summed E-state index contributed by atoms with van der Waals surface area (Å²) in [5.74, 6) is -0.722. The van der Waals surface area contributed by atoms with Crippen LogP contribution in [0.5, 0.6) is 0 Å². The standard InChI is InChI=1S/C26H23Cl3N4O2/c1-17-11-7-9-15-20(17)33(21-16-10-8-12-18(21)2)24(26(27,28)29)30-22-23(34)31(3)25(35)32(22)19-13-5-4-6-14-19/h4-16,24H,1-3H3. The molecule has 1 aliphatic heterocycles. The van der Waals surface area contributed by atoms with Gasteiger partial charge in [0.25, 0.3) is 5.91 Å². The highest BCUT2D eigenvalue weighted by atomic mass is 35.6. The number of aliphatic imine (C=N–C) groups is 1. The highest BCUT2D eigenvalue weighted by Gasteiger charge is 2.46. The van der Waals surface area contributed by atoms with Gasteiger partial charge in [-0.3, -0.25) is 9.69 Å². The lowest BCUT2D eigenvalue weighted by Crippen LogP contribution is -2.43. The van der Waals surface area contributed by atoms with Crippen molar-refractivity contribution < 1.29 is 9.59 Å². The van der Waals surface area contributed by atoms with E-state index < -0.39 is 21.9 Å². The SMILES string of the molecule is Cc1ccccc1N(c1ccccc1C)C(N=C1C(=O)N(C)C(=O)N1c1ccccc1)C(Cl)(Cl)Cl. The van der Waals surface area contributed by atoms with Crippen LogP contribution >= 0.6 is 34.8 Å². The van der Waals surface area contributed by atoms with Crippen LogP contribution in [0.2, 0.25) is 0 Å². The fourth-order valence-electron chi connectivity index (χ4n) is 3.95. The van der Waals surface area contributed by atoms with Gasteiger partial charge in [0.1, 0.15) is 0 Å². The van der Waals surface area contributed by atoms with Gasteiger partial charge in [0.15, 0.2) is 6.17 Å². The number of hydrogen-bond donors (Lipinski definition) is 0. The minimum atomic E-state index is -1.97. The highest BCUT2D eigenvalue weighted by molar-refractivity contribution is 6.68. The van der Waals surface area contributed by atoms with Crippen LogP contribution < -0.4 is 9.80 Å². The van der Waals surface area contributed by atoms with Crippen molar-refractivity contribution in [3.8, 4) is 0 Å². The number of imide groups is 1. The van der Waals surface area contributed by atoms with Crippen LogP contribution in [0.4, 0.5) is 21.9 Å². The first kappa shape index (κ1) is 25.0. The first-order valence-corrected chi connectivity index (χ1v) is 12.0. The molecular formula is C26H23Cl3N4O2. The van der Waals surface area contributed by atoms with Crippen LogP contribution in [0.25, 0.3) is 0 Å². The molecule has 0 saturated carbocycles. The molecule has 1 atom stereocenters. The fourth-order valence-corrected chi connectivity index (χ4v) is 4.39. The molecule has 1 saturated heterocycles. The van der Waals surface area contributed by atoms with Crippen LogP contribution in [0.3, 0.4) is 0 Å². The van der Waals surface area contributed by atoms with Gasteiger partial charge < -0.3 is 4.90 Å². The third-order valence-electron chi connectivity index (χ3n) is 5.73. The highest BCUT2D eigenvalue weighted by Crippen LogP contribution is 2.43. The van der Waals surface area contributed by atoms with E-state index in [0.717, 1.165) is 27.4 Å². The molecule has 1 unspecified atom stereocenters.